The minimum Gasteiger partial charge on any atom is -0.493 e. The summed E-state index contributed by atoms with van der Waals surface area (Å²) in [4.78, 5) is 14.6. The van der Waals surface area contributed by atoms with Gasteiger partial charge in [-0.2, -0.15) is 0 Å². The molecule has 0 fully saturated rings. The van der Waals surface area contributed by atoms with E-state index in [2.05, 4.69) is 13.8 Å². The third kappa shape index (κ3) is 15.4. The Hall–Kier alpha value is -1.55. The quantitative estimate of drug-likeness (QED) is 0.117. The lowest BCUT2D eigenvalue weighted by atomic mass is 10.1. The molecule has 1 aromatic rings. The van der Waals surface area contributed by atoms with Crippen LogP contribution in [0.3, 0.4) is 0 Å². The van der Waals surface area contributed by atoms with Gasteiger partial charge in [-0.15, -0.1) is 0 Å². The molecule has 4 nitrogen and oxygen atoms in total. The summed E-state index contributed by atoms with van der Waals surface area (Å²) in [6.45, 7) is 6.27. The van der Waals surface area contributed by atoms with E-state index in [9.17, 15) is 4.79 Å². The molecule has 0 saturated carbocycles. The summed E-state index contributed by atoms with van der Waals surface area (Å²) < 4.78 is 12.1. The van der Waals surface area contributed by atoms with Gasteiger partial charge in [-0.25, -0.2) is 0 Å². The van der Waals surface area contributed by atoms with Crippen molar-refractivity contribution >= 4 is 5.78 Å². The zero-order chi connectivity index (χ0) is 24.9. The monoisotopic (exact) mass is 475 g/mol. The van der Waals surface area contributed by atoms with Crippen LogP contribution in [-0.4, -0.2) is 44.5 Å². The molecule has 1 aromatic carbocycles. The van der Waals surface area contributed by atoms with Gasteiger partial charge in [-0.1, -0.05) is 104 Å². The third-order valence-electron chi connectivity index (χ3n) is 6.24. The van der Waals surface area contributed by atoms with Crippen LogP contribution >= 0.6 is 0 Å². The highest BCUT2D eigenvalue weighted by atomic mass is 16.5. The van der Waals surface area contributed by atoms with E-state index in [1.807, 2.05) is 37.2 Å². The number of carbonyl (C=O) groups is 1. The van der Waals surface area contributed by atoms with Crippen LogP contribution in [-0.2, 0) is 0 Å². The molecule has 196 valence electrons. The van der Waals surface area contributed by atoms with Crippen LogP contribution < -0.4 is 9.47 Å². The van der Waals surface area contributed by atoms with Crippen molar-refractivity contribution in [3.05, 3.63) is 23.8 Å². The van der Waals surface area contributed by atoms with Crippen LogP contribution in [0, 0.1) is 0 Å². The Bertz CT molecular complexity index is 629. The smallest absolute Gasteiger partial charge is 0.180 e. The van der Waals surface area contributed by atoms with Crippen LogP contribution in [0.1, 0.15) is 127 Å². The fraction of sp³-hybridized carbons (Fsp3) is 0.767. The molecule has 1 rings (SSSR count). The normalized spacial score (nSPS) is 11.2. The molecule has 0 saturated heterocycles. The van der Waals surface area contributed by atoms with Gasteiger partial charge in [0, 0.05) is 6.07 Å². The Labute approximate surface area is 210 Å². The lowest BCUT2D eigenvalue weighted by Crippen LogP contribution is -2.22. The predicted molar refractivity (Wildman–Crippen MR) is 146 cm³/mol. The van der Waals surface area contributed by atoms with Crippen molar-refractivity contribution < 1.29 is 14.3 Å². The molecule has 0 aromatic heterocycles. The standard InChI is InChI=1S/C30H53NO3/c1-5-7-9-11-13-15-17-19-23-33-27-21-22-28(29(32)26-31(3)4)30(25-27)34-24-20-18-16-14-12-10-8-6-2/h21-22,25H,5-20,23-24,26H2,1-4H3. The Morgan fingerprint density at radius 1 is 0.676 bits per heavy atom. The van der Waals surface area contributed by atoms with Crippen molar-refractivity contribution in [3.8, 4) is 11.5 Å². The maximum atomic E-state index is 12.7. The number of benzene rings is 1. The van der Waals surface area contributed by atoms with Crippen molar-refractivity contribution in [2.45, 2.75) is 117 Å². The minimum absolute atomic E-state index is 0.0885. The molecule has 0 spiro atoms. The average Bonchev–Trinajstić information content (AvgIpc) is 2.81. The molecule has 0 radical (unpaired) electrons. The second kappa shape index (κ2) is 20.8. The van der Waals surface area contributed by atoms with Gasteiger partial charge in [0.25, 0.3) is 0 Å². The van der Waals surface area contributed by atoms with Gasteiger partial charge in [0.2, 0.25) is 0 Å². The number of likely N-dealkylation sites (N-methyl/N-ethyl adjacent to an activating group) is 1. The molecule has 34 heavy (non-hydrogen) atoms. The summed E-state index contributed by atoms with van der Waals surface area (Å²) in [5, 5.41) is 0. The van der Waals surface area contributed by atoms with Gasteiger partial charge in [-0.3, -0.25) is 4.79 Å². The average molecular weight is 476 g/mol. The van der Waals surface area contributed by atoms with Crippen LogP contribution in [0.15, 0.2) is 18.2 Å². The van der Waals surface area contributed by atoms with Gasteiger partial charge < -0.3 is 14.4 Å². The molecular weight excluding hydrogens is 422 g/mol. The van der Waals surface area contributed by atoms with Gasteiger partial charge in [0.05, 0.1) is 25.3 Å². The molecular formula is C30H53NO3. The molecule has 0 aliphatic rings. The van der Waals surface area contributed by atoms with Crippen LogP contribution in [0.2, 0.25) is 0 Å². The highest BCUT2D eigenvalue weighted by molar-refractivity contribution is 6.00. The van der Waals surface area contributed by atoms with E-state index in [4.69, 9.17) is 9.47 Å². The number of hydrogen-bond donors (Lipinski definition) is 0. The Morgan fingerprint density at radius 3 is 1.65 bits per heavy atom. The summed E-state index contributed by atoms with van der Waals surface area (Å²) in [7, 11) is 3.83. The number of carbonyl (C=O) groups excluding carboxylic acids is 1. The maximum Gasteiger partial charge on any atom is 0.180 e. The Morgan fingerprint density at radius 2 is 1.15 bits per heavy atom. The first-order valence-corrected chi connectivity index (χ1v) is 14.2. The van der Waals surface area contributed by atoms with E-state index >= 15 is 0 Å². The lowest BCUT2D eigenvalue weighted by Gasteiger charge is -2.15. The first kappa shape index (κ1) is 30.5. The molecule has 0 atom stereocenters. The van der Waals surface area contributed by atoms with E-state index in [1.54, 1.807) is 0 Å². The zero-order valence-corrected chi connectivity index (χ0v) is 22.8. The first-order valence-electron chi connectivity index (χ1n) is 14.2. The fourth-order valence-electron chi connectivity index (χ4n) is 4.16. The second-order valence-corrected chi connectivity index (χ2v) is 9.97. The Balaban J connectivity index is 2.44. The van der Waals surface area contributed by atoms with E-state index < -0.39 is 0 Å². The summed E-state index contributed by atoms with van der Waals surface area (Å²) in [6.07, 6.45) is 20.4. The highest BCUT2D eigenvalue weighted by Gasteiger charge is 2.15. The van der Waals surface area contributed by atoms with Gasteiger partial charge in [0.15, 0.2) is 5.78 Å². The topological polar surface area (TPSA) is 38.8 Å². The summed E-state index contributed by atoms with van der Waals surface area (Å²) in [5.41, 5.74) is 0.660. The molecule has 0 N–H and O–H groups in total. The Kier molecular flexibility index (Phi) is 18.6. The number of nitrogens with zero attached hydrogens (tertiary/aromatic N) is 1. The van der Waals surface area contributed by atoms with Gasteiger partial charge >= 0.3 is 0 Å². The van der Waals surface area contributed by atoms with E-state index in [1.165, 1.54) is 89.9 Å². The van der Waals surface area contributed by atoms with Crippen molar-refractivity contribution in [1.29, 1.82) is 0 Å². The summed E-state index contributed by atoms with van der Waals surface area (Å²) in [5.74, 6) is 1.56. The maximum absolute atomic E-state index is 12.7. The molecule has 0 aliphatic carbocycles. The zero-order valence-electron chi connectivity index (χ0n) is 22.8. The SMILES string of the molecule is CCCCCCCCCCOc1ccc(C(=O)CN(C)C)c(OCCCCCCCCCC)c1. The number of ether oxygens (including phenoxy) is 2. The molecule has 0 unspecified atom stereocenters. The lowest BCUT2D eigenvalue weighted by molar-refractivity contribution is 0.0953. The van der Waals surface area contributed by atoms with Crippen molar-refractivity contribution in [1.82, 2.24) is 4.90 Å². The molecule has 0 amide bonds. The second-order valence-electron chi connectivity index (χ2n) is 9.97. The minimum atomic E-state index is 0.0885. The van der Waals surface area contributed by atoms with E-state index in [-0.39, 0.29) is 5.78 Å². The number of hydrogen-bond acceptors (Lipinski definition) is 4. The fourth-order valence-corrected chi connectivity index (χ4v) is 4.16. The van der Waals surface area contributed by atoms with Crippen LogP contribution in [0.25, 0.3) is 0 Å². The number of unbranched alkanes of at least 4 members (excludes halogenated alkanes) is 14. The third-order valence-corrected chi connectivity index (χ3v) is 6.24. The van der Waals surface area contributed by atoms with Gasteiger partial charge in [-0.05, 0) is 39.1 Å². The van der Waals surface area contributed by atoms with Crippen LogP contribution in [0.5, 0.6) is 11.5 Å². The predicted octanol–water partition coefficient (Wildman–Crippen LogP) is 8.47. The number of Topliss-reactive ketones (excluding diaryl/α,β-unsaturated/α-hetero) is 1. The molecule has 4 heteroatoms. The number of ketones is 1. The first-order chi connectivity index (χ1) is 16.6. The van der Waals surface area contributed by atoms with Crippen molar-refractivity contribution in [3.63, 3.8) is 0 Å². The molecule has 0 bridgehead atoms. The van der Waals surface area contributed by atoms with E-state index in [0.717, 1.165) is 25.2 Å². The van der Waals surface area contributed by atoms with E-state index in [0.29, 0.717) is 24.5 Å². The van der Waals surface area contributed by atoms with Crippen molar-refractivity contribution in [2.24, 2.45) is 0 Å². The van der Waals surface area contributed by atoms with Gasteiger partial charge in [0.1, 0.15) is 11.5 Å². The van der Waals surface area contributed by atoms with Crippen molar-refractivity contribution in [2.75, 3.05) is 33.9 Å². The van der Waals surface area contributed by atoms with Crippen LogP contribution in [0.4, 0.5) is 0 Å². The summed E-state index contributed by atoms with van der Waals surface area (Å²) in [6, 6.07) is 5.70. The molecule has 0 aliphatic heterocycles. The summed E-state index contributed by atoms with van der Waals surface area (Å²) >= 11 is 0. The highest BCUT2D eigenvalue weighted by Crippen LogP contribution is 2.26. The largest absolute Gasteiger partial charge is 0.493 e. The molecule has 0 heterocycles. The number of rotatable bonds is 23.